The maximum atomic E-state index is 8.62. The number of hydroxylamine groups is 1. The van der Waals surface area contributed by atoms with E-state index in [4.69, 9.17) is 9.94 Å². The van der Waals surface area contributed by atoms with Gasteiger partial charge in [0.15, 0.2) is 0 Å². The van der Waals surface area contributed by atoms with Crippen LogP contribution in [0.2, 0.25) is 0 Å². The van der Waals surface area contributed by atoms with Gasteiger partial charge in [0.05, 0.1) is 6.61 Å². The van der Waals surface area contributed by atoms with Crippen molar-refractivity contribution in [2.24, 2.45) is 5.92 Å². The quantitative estimate of drug-likeness (QED) is 0.810. The number of halogens is 1. The summed E-state index contributed by atoms with van der Waals surface area (Å²) in [5.41, 5.74) is 3.14. The highest BCUT2D eigenvalue weighted by atomic mass is 79.9. The highest BCUT2D eigenvalue weighted by molar-refractivity contribution is 9.10. The Kier molecular flexibility index (Phi) is 3.61. The molecule has 0 amide bonds. The van der Waals surface area contributed by atoms with Gasteiger partial charge in [-0.25, -0.2) is 5.48 Å². The number of hydrogen-bond acceptors (Lipinski definition) is 3. The van der Waals surface area contributed by atoms with Gasteiger partial charge in [-0.1, -0.05) is 15.9 Å². The van der Waals surface area contributed by atoms with Crippen molar-refractivity contribution in [3.8, 4) is 5.75 Å². The zero-order chi connectivity index (χ0) is 10.7. The molecule has 0 aliphatic heterocycles. The molecule has 3 nitrogen and oxygen atoms in total. The van der Waals surface area contributed by atoms with E-state index in [-0.39, 0.29) is 0 Å². The van der Waals surface area contributed by atoms with Gasteiger partial charge in [-0.15, -0.1) is 0 Å². The molecule has 1 aromatic rings. The Morgan fingerprint density at radius 1 is 1.40 bits per heavy atom. The van der Waals surface area contributed by atoms with Crippen LogP contribution in [0.25, 0.3) is 0 Å². The summed E-state index contributed by atoms with van der Waals surface area (Å²) >= 11 is 3.42. The van der Waals surface area contributed by atoms with Crippen LogP contribution in [0.5, 0.6) is 5.75 Å². The summed E-state index contributed by atoms with van der Waals surface area (Å²) in [5.74, 6) is 1.62. The maximum absolute atomic E-state index is 8.62. The lowest BCUT2D eigenvalue weighted by molar-refractivity contribution is 0.161. The third-order valence-corrected chi connectivity index (χ3v) is 2.85. The number of ether oxygens (including phenoxy) is 1. The molecule has 1 fully saturated rings. The average molecular weight is 272 g/mol. The molecule has 0 aromatic heterocycles. The van der Waals surface area contributed by atoms with E-state index in [0.717, 1.165) is 28.3 Å². The van der Waals surface area contributed by atoms with Gasteiger partial charge >= 0.3 is 0 Å². The zero-order valence-electron chi connectivity index (χ0n) is 8.37. The molecular weight excluding hydrogens is 258 g/mol. The minimum atomic E-state index is 0.430. The van der Waals surface area contributed by atoms with Gasteiger partial charge in [0.25, 0.3) is 0 Å². The SMILES string of the molecule is ONCc1cc(Br)cc(OCC2CC2)c1. The molecule has 15 heavy (non-hydrogen) atoms. The molecule has 2 rings (SSSR count). The Morgan fingerprint density at radius 3 is 2.87 bits per heavy atom. The lowest BCUT2D eigenvalue weighted by Crippen LogP contribution is -2.06. The molecule has 0 spiro atoms. The predicted molar refractivity (Wildman–Crippen MR) is 61.0 cm³/mol. The summed E-state index contributed by atoms with van der Waals surface area (Å²) in [6.07, 6.45) is 2.58. The third kappa shape index (κ3) is 3.48. The Bertz CT molecular complexity index is 339. The smallest absolute Gasteiger partial charge is 0.120 e. The van der Waals surface area contributed by atoms with Gasteiger partial charge in [-0.2, -0.15) is 0 Å². The fourth-order valence-corrected chi connectivity index (χ4v) is 1.92. The van der Waals surface area contributed by atoms with Crippen molar-refractivity contribution in [1.82, 2.24) is 5.48 Å². The standard InChI is InChI=1S/C11H14BrNO2/c12-10-3-9(6-13-14)4-11(5-10)15-7-8-1-2-8/h3-5,8,13-14H,1-2,6-7H2. The van der Waals surface area contributed by atoms with E-state index >= 15 is 0 Å². The van der Waals surface area contributed by atoms with Crippen molar-refractivity contribution in [3.05, 3.63) is 28.2 Å². The van der Waals surface area contributed by atoms with Crippen molar-refractivity contribution in [2.45, 2.75) is 19.4 Å². The van der Waals surface area contributed by atoms with Crippen molar-refractivity contribution >= 4 is 15.9 Å². The van der Waals surface area contributed by atoms with Crippen molar-refractivity contribution < 1.29 is 9.94 Å². The summed E-state index contributed by atoms with van der Waals surface area (Å²) in [4.78, 5) is 0. The second kappa shape index (κ2) is 4.96. The molecule has 1 aromatic carbocycles. The molecule has 0 radical (unpaired) electrons. The van der Waals surface area contributed by atoms with Gasteiger partial charge in [-0.05, 0) is 42.5 Å². The highest BCUT2D eigenvalue weighted by Crippen LogP contribution is 2.30. The van der Waals surface area contributed by atoms with Crippen molar-refractivity contribution in [1.29, 1.82) is 0 Å². The first-order chi connectivity index (χ1) is 7.28. The number of rotatable bonds is 5. The zero-order valence-corrected chi connectivity index (χ0v) is 9.96. The van der Waals surface area contributed by atoms with Crippen LogP contribution in [-0.2, 0) is 6.54 Å². The third-order valence-electron chi connectivity index (χ3n) is 2.40. The lowest BCUT2D eigenvalue weighted by Gasteiger charge is -2.08. The van der Waals surface area contributed by atoms with Crippen LogP contribution in [-0.4, -0.2) is 11.8 Å². The largest absolute Gasteiger partial charge is 0.493 e. The van der Waals surface area contributed by atoms with E-state index in [0.29, 0.717) is 6.54 Å². The second-order valence-electron chi connectivity index (χ2n) is 3.88. The predicted octanol–water partition coefficient (Wildman–Crippen LogP) is 2.72. The Morgan fingerprint density at radius 2 is 2.20 bits per heavy atom. The minimum Gasteiger partial charge on any atom is -0.493 e. The monoisotopic (exact) mass is 271 g/mol. The van der Waals surface area contributed by atoms with E-state index < -0.39 is 0 Å². The van der Waals surface area contributed by atoms with Gasteiger partial charge in [0.1, 0.15) is 5.75 Å². The molecule has 1 aliphatic carbocycles. The number of hydrogen-bond donors (Lipinski definition) is 2. The maximum Gasteiger partial charge on any atom is 0.120 e. The fourth-order valence-electron chi connectivity index (χ4n) is 1.40. The summed E-state index contributed by atoms with van der Waals surface area (Å²) in [5, 5.41) is 8.62. The van der Waals surface area contributed by atoms with Crippen LogP contribution >= 0.6 is 15.9 Å². The molecule has 1 saturated carbocycles. The Hall–Kier alpha value is -0.580. The van der Waals surface area contributed by atoms with E-state index in [1.807, 2.05) is 18.2 Å². The van der Waals surface area contributed by atoms with Gasteiger partial charge in [0.2, 0.25) is 0 Å². The summed E-state index contributed by atoms with van der Waals surface area (Å²) in [6, 6.07) is 5.84. The van der Waals surface area contributed by atoms with Crippen molar-refractivity contribution in [3.63, 3.8) is 0 Å². The van der Waals surface area contributed by atoms with Crippen LogP contribution in [0.4, 0.5) is 0 Å². The molecule has 1 aliphatic rings. The van der Waals surface area contributed by atoms with E-state index in [2.05, 4.69) is 21.4 Å². The highest BCUT2D eigenvalue weighted by Gasteiger charge is 2.21. The van der Waals surface area contributed by atoms with Gasteiger partial charge in [-0.3, -0.25) is 0 Å². The van der Waals surface area contributed by atoms with Crippen LogP contribution in [0.15, 0.2) is 22.7 Å². The Balaban J connectivity index is 2.00. The molecule has 0 unspecified atom stereocenters. The molecule has 0 saturated heterocycles. The fraction of sp³-hybridized carbons (Fsp3) is 0.455. The normalized spacial score (nSPS) is 15.3. The first kappa shape index (κ1) is 10.9. The van der Waals surface area contributed by atoms with E-state index in [1.54, 1.807) is 0 Å². The molecule has 4 heteroatoms. The van der Waals surface area contributed by atoms with E-state index in [1.165, 1.54) is 12.8 Å². The molecule has 0 heterocycles. The molecule has 82 valence electrons. The number of benzene rings is 1. The molecule has 0 bridgehead atoms. The summed E-state index contributed by atoms with van der Waals surface area (Å²) in [7, 11) is 0. The first-order valence-corrected chi connectivity index (χ1v) is 5.86. The topological polar surface area (TPSA) is 41.5 Å². The van der Waals surface area contributed by atoms with Crippen LogP contribution < -0.4 is 10.2 Å². The average Bonchev–Trinajstić information content (AvgIpc) is 2.98. The molecule has 2 N–H and O–H groups in total. The second-order valence-corrected chi connectivity index (χ2v) is 4.80. The molecular formula is C11H14BrNO2. The summed E-state index contributed by atoms with van der Waals surface area (Å²) in [6.45, 7) is 1.24. The van der Waals surface area contributed by atoms with Crippen molar-refractivity contribution in [2.75, 3.05) is 6.61 Å². The Labute approximate surface area is 97.5 Å². The summed E-state index contributed by atoms with van der Waals surface area (Å²) < 4.78 is 6.63. The van der Waals surface area contributed by atoms with Gasteiger partial charge < -0.3 is 9.94 Å². The number of nitrogens with one attached hydrogen (secondary N) is 1. The van der Waals surface area contributed by atoms with Crippen LogP contribution in [0, 0.1) is 5.92 Å². The molecule has 0 atom stereocenters. The lowest BCUT2D eigenvalue weighted by atomic mass is 10.2. The minimum absolute atomic E-state index is 0.430. The van der Waals surface area contributed by atoms with Gasteiger partial charge in [0, 0.05) is 11.0 Å². The van der Waals surface area contributed by atoms with E-state index in [9.17, 15) is 0 Å². The first-order valence-electron chi connectivity index (χ1n) is 5.07. The van der Waals surface area contributed by atoms with Crippen LogP contribution in [0.1, 0.15) is 18.4 Å². The van der Waals surface area contributed by atoms with Crippen LogP contribution in [0.3, 0.4) is 0 Å².